The molecule has 2 N–H and O–H groups in total. The molecule has 2 saturated carbocycles. The van der Waals surface area contributed by atoms with Gasteiger partial charge in [0.25, 0.3) is 5.56 Å². The Kier molecular flexibility index (Phi) is 6.79. The average molecular weight is 491 g/mol. The number of fused-ring (bicyclic) bond motifs is 1. The van der Waals surface area contributed by atoms with E-state index in [4.69, 9.17) is 0 Å². The fourth-order valence-electron chi connectivity index (χ4n) is 5.83. The van der Waals surface area contributed by atoms with Crippen LogP contribution in [0.5, 0.6) is 0 Å². The number of nitrogens with one attached hydrogen (secondary N) is 1. The van der Waals surface area contributed by atoms with Crippen molar-refractivity contribution in [3.05, 3.63) is 38.9 Å². The number of amides is 1. The van der Waals surface area contributed by atoms with E-state index in [0.717, 1.165) is 37.0 Å². The fourth-order valence-corrected chi connectivity index (χ4v) is 6.91. The van der Waals surface area contributed by atoms with Crippen molar-refractivity contribution in [2.24, 2.45) is 5.92 Å². The van der Waals surface area contributed by atoms with E-state index in [-0.39, 0.29) is 46.7 Å². The Morgan fingerprint density at radius 1 is 1.03 bits per heavy atom. The van der Waals surface area contributed by atoms with Crippen molar-refractivity contribution in [2.45, 2.75) is 82.0 Å². The van der Waals surface area contributed by atoms with Gasteiger partial charge in [0.2, 0.25) is 5.91 Å². The van der Waals surface area contributed by atoms with E-state index in [0.29, 0.717) is 38.5 Å². The number of halogens is 1. The summed E-state index contributed by atoms with van der Waals surface area (Å²) < 4.78 is 17.0. The zero-order chi connectivity index (χ0) is 23.8. The molecule has 2 atom stereocenters. The molecular weight excluding hydrogens is 459 g/mol. The minimum Gasteiger partial charge on any atom is -0.392 e. The van der Waals surface area contributed by atoms with Crippen molar-refractivity contribution in [3.63, 3.8) is 0 Å². The molecule has 3 aliphatic rings. The number of aromatic nitrogens is 3. The number of nitrogens with zero attached hydrogens (tertiary/aromatic N) is 3. The molecule has 10 heteroatoms. The maximum absolute atomic E-state index is 14.0. The van der Waals surface area contributed by atoms with Crippen molar-refractivity contribution in [1.29, 1.82) is 0 Å². The summed E-state index contributed by atoms with van der Waals surface area (Å²) in [4.78, 5) is 43.7. The molecule has 8 nitrogen and oxygen atoms in total. The van der Waals surface area contributed by atoms with Gasteiger partial charge in [-0.2, -0.15) is 11.8 Å². The largest absolute Gasteiger partial charge is 0.392 e. The van der Waals surface area contributed by atoms with Crippen LogP contribution in [-0.2, 0) is 4.79 Å². The molecule has 2 aromatic heterocycles. The molecule has 0 radical (unpaired) electrons. The van der Waals surface area contributed by atoms with E-state index in [1.807, 2.05) is 11.8 Å². The molecule has 0 unspecified atom stereocenters. The number of hydrogen-bond donors (Lipinski definition) is 2. The number of carbonyl (C=O) groups is 1. The van der Waals surface area contributed by atoms with Crippen molar-refractivity contribution in [3.8, 4) is 0 Å². The second-order valence-electron chi connectivity index (χ2n) is 9.81. The zero-order valence-corrected chi connectivity index (χ0v) is 19.9. The molecular formula is C24H31FN4O4S. The molecule has 2 aromatic rings. The molecule has 1 amide bonds. The number of hydrogen-bond acceptors (Lipinski definition) is 6. The minimum atomic E-state index is -0.596. The van der Waals surface area contributed by atoms with Gasteiger partial charge in [0.1, 0.15) is 11.5 Å². The van der Waals surface area contributed by atoms with Gasteiger partial charge < -0.3 is 10.4 Å². The van der Waals surface area contributed by atoms with Gasteiger partial charge in [0.15, 0.2) is 0 Å². The highest BCUT2D eigenvalue weighted by molar-refractivity contribution is 7.99. The van der Waals surface area contributed by atoms with Crippen LogP contribution in [0.15, 0.2) is 21.9 Å². The Balaban J connectivity index is 1.41. The van der Waals surface area contributed by atoms with Crippen molar-refractivity contribution >= 4 is 28.7 Å². The van der Waals surface area contributed by atoms with Crippen LogP contribution in [0.1, 0.15) is 69.9 Å². The summed E-state index contributed by atoms with van der Waals surface area (Å²) in [7, 11) is 0. The smallest absolute Gasteiger partial charge is 0.333 e. The lowest BCUT2D eigenvalue weighted by Crippen LogP contribution is -2.47. The molecule has 2 aliphatic carbocycles. The van der Waals surface area contributed by atoms with Crippen LogP contribution < -0.4 is 16.6 Å². The third-order valence-electron chi connectivity index (χ3n) is 7.70. The molecule has 0 spiro atoms. The maximum Gasteiger partial charge on any atom is 0.333 e. The van der Waals surface area contributed by atoms with E-state index < -0.39 is 17.5 Å². The van der Waals surface area contributed by atoms with E-state index in [1.165, 1.54) is 10.6 Å². The number of carbonyl (C=O) groups excluding carboxylic acids is 1. The number of aliphatic hydroxyl groups is 1. The Labute approximate surface area is 200 Å². The first-order valence-corrected chi connectivity index (χ1v) is 13.5. The monoisotopic (exact) mass is 490 g/mol. The zero-order valence-electron chi connectivity index (χ0n) is 19.1. The van der Waals surface area contributed by atoms with E-state index in [9.17, 15) is 23.9 Å². The van der Waals surface area contributed by atoms with Crippen LogP contribution in [0, 0.1) is 11.7 Å². The van der Waals surface area contributed by atoms with Crippen LogP contribution in [0.4, 0.5) is 4.39 Å². The third kappa shape index (κ3) is 4.42. The van der Waals surface area contributed by atoms with Gasteiger partial charge in [-0.25, -0.2) is 14.2 Å². The highest BCUT2D eigenvalue weighted by atomic mass is 32.2. The van der Waals surface area contributed by atoms with E-state index in [1.54, 1.807) is 4.57 Å². The lowest BCUT2D eigenvalue weighted by atomic mass is 9.90. The van der Waals surface area contributed by atoms with Crippen LogP contribution >= 0.6 is 11.8 Å². The Morgan fingerprint density at radius 3 is 2.41 bits per heavy atom. The summed E-state index contributed by atoms with van der Waals surface area (Å²) >= 11 is 1.84. The van der Waals surface area contributed by atoms with Crippen molar-refractivity contribution in [1.82, 2.24) is 19.4 Å². The summed E-state index contributed by atoms with van der Waals surface area (Å²) in [5.41, 5.74) is -0.592. The SMILES string of the molecule is O=C(N[C@H]1CC[C@@H](n2c(=O)c3cc(F)cnc3n(C3CCSCC3)c2=O)CC1)[C@@H]1CCC[C@@H]1O. The Morgan fingerprint density at radius 2 is 1.74 bits per heavy atom. The number of pyridine rings is 1. The molecule has 34 heavy (non-hydrogen) atoms. The Hall–Kier alpha value is -2.20. The van der Waals surface area contributed by atoms with Crippen LogP contribution in [-0.4, -0.2) is 48.8 Å². The average Bonchev–Trinajstić information content (AvgIpc) is 3.27. The first-order valence-electron chi connectivity index (χ1n) is 12.3. The number of aliphatic hydroxyl groups excluding tert-OH is 1. The highest BCUT2D eigenvalue weighted by Crippen LogP contribution is 2.31. The van der Waals surface area contributed by atoms with Crippen LogP contribution in [0.25, 0.3) is 11.0 Å². The quantitative estimate of drug-likeness (QED) is 0.682. The summed E-state index contributed by atoms with van der Waals surface area (Å²) in [5.74, 6) is 0.819. The second kappa shape index (κ2) is 9.81. The lowest BCUT2D eigenvalue weighted by molar-refractivity contribution is -0.128. The van der Waals surface area contributed by atoms with Gasteiger partial charge in [-0.05, 0) is 75.4 Å². The molecule has 5 rings (SSSR count). The van der Waals surface area contributed by atoms with E-state index >= 15 is 0 Å². The fraction of sp³-hybridized carbons (Fsp3) is 0.667. The number of thioether (sulfide) groups is 1. The van der Waals surface area contributed by atoms with Gasteiger partial charge in [-0.1, -0.05) is 0 Å². The topological polar surface area (TPSA) is 106 Å². The molecule has 3 fully saturated rings. The molecule has 0 bridgehead atoms. The minimum absolute atomic E-state index is 0.0376. The van der Waals surface area contributed by atoms with E-state index in [2.05, 4.69) is 10.3 Å². The predicted molar refractivity (Wildman–Crippen MR) is 129 cm³/mol. The van der Waals surface area contributed by atoms with Crippen LogP contribution in [0.3, 0.4) is 0 Å². The lowest BCUT2D eigenvalue weighted by Gasteiger charge is -2.32. The van der Waals surface area contributed by atoms with Gasteiger partial charge in [0, 0.05) is 18.1 Å². The molecule has 0 aromatic carbocycles. The standard InChI is InChI=1S/C24H31FN4O4S/c25-14-12-19-21(26-13-14)28(17-8-10-34-11-9-17)24(33)29(23(19)32)16-6-4-15(5-7-16)27-22(31)18-2-1-3-20(18)30/h12-13,15-18,20,30H,1-11H2,(H,27,31)/t15-,16+,18-,20+/m1/s1. The summed E-state index contributed by atoms with van der Waals surface area (Å²) in [6.45, 7) is 0. The second-order valence-corrected chi connectivity index (χ2v) is 11.0. The van der Waals surface area contributed by atoms with Gasteiger partial charge in [-0.3, -0.25) is 18.7 Å². The summed E-state index contributed by atoms with van der Waals surface area (Å²) in [5, 5.41) is 13.2. The third-order valence-corrected chi connectivity index (χ3v) is 8.75. The van der Waals surface area contributed by atoms with Gasteiger partial charge in [0.05, 0.1) is 23.6 Å². The Bertz CT molecular complexity index is 1180. The summed E-state index contributed by atoms with van der Waals surface area (Å²) in [6.07, 6.45) is 6.77. The van der Waals surface area contributed by atoms with Crippen molar-refractivity contribution in [2.75, 3.05) is 11.5 Å². The maximum atomic E-state index is 14.0. The van der Waals surface area contributed by atoms with Gasteiger partial charge >= 0.3 is 5.69 Å². The predicted octanol–water partition coefficient (Wildman–Crippen LogP) is 2.53. The molecule has 1 saturated heterocycles. The first-order chi connectivity index (χ1) is 16.4. The molecule has 184 valence electrons. The molecule has 1 aliphatic heterocycles. The molecule has 3 heterocycles. The highest BCUT2D eigenvalue weighted by Gasteiger charge is 2.34. The normalized spacial score (nSPS) is 28.3. The number of rotatable bonds is 4. The van der Waals surface area contributed by atoms with Crippen LogP contribution in [0.2, 0.25) is 0 Å². The summed E-state index contributed by atoms with van der Waals surface area (Å²) in [6, 6.07) is 0.786. The van der Waals surface area contributed by atoms with Crippen molar-refractivity contribution < 1.29 is 14.3 Å². The first kappa shape index (κ1) is 23.5. The van der Waals surface area contributed by atoms with Gasteiger partial charge in [-0.15, -0.1) is 0 Å².